The second-order valence-electron chi connectivity index (χ2n) is 6.95. The molecule has 0 aliphatic rings. The van der Waals surface area contributed by atoms with Gasteiger partial charge in [0, 0.05) is 23.7 Å². The van der Waals surface area contributed by atoms with Crippen LogP contribution in [0.2, 0.25) is 0 Å². The number of nitrogens with zero attached hydrogens (tertiary/aromatic N) is 1. The smallest absolute Gasteiger partial charge is 0.355 e. The van der Waals surface area contributed by atoms with E-state index in [2.05, 4.69) is 5.32 Å². The van der Waals surface area contributed by atoms with E-state index in [4.69, 9.17) is 9.47 Å². The van der Waals surface area contributed by atoms with Crippen LogP contribution in [0.1, 0.15) is 38.2 Å². The summed E-state index contributed by atoms with van der Waals surface area (Å²) in [6.45, 7) is 5.34. The third kappa shape index (κ3) is 5.03. The number of hydrogen-bond acceptors (Lipinski definition) is 6. The Bertz CT molecular complexity index is 1110. The first-order valence-electron chi connectivity index (χ1n) is 9.77. The highest BCUT2D eigenvalue weighted by Crippen LogP contribution is 2.40. The van der Waals surface area contributed by atoms with E-state index in [-0.39, 0.29) is 6.61 Å². The molecule has 2 aromatic heterocycles. The van der Waals surface area contributed by atoms with Crippen LogP contribution in [0.4, 0.5) is 5.00 Å². The van der Waals surface area contributed by atoms with Crippen LogP contribution in [0, 0.1) is 13.8 Å². The van der Waals surface area contributed by atoms with E-state index >= 15 is 0 Å². The van der Waals surface area contributed by atoms with E-state index in [0.717, 1.165) is 21.6 Å². The average Bonchev–Trinajstić information content (AvgIpc) is 3.30. The van der Waals surface area contributed by atoms with E-state index in [1.807, 2.05) is 38.1 Å². The van der Waals surface area contributed by atoms with E-state index in [9.17, 15) is 14.4 Å². The molecule has 1 amide bonds. The number of nitrogens with one attached hydrogen (secondary N) is 1. The average molecular weight is 441 g/mol. The Balaban J connectivity index is 1.83. The molecule has 0 aliphatic carbocycles. The third-order valence-corrected chi connectivity index (χ3v) is 5.66. The molecular weight excluding hydrogens is 416 g/mol. The van der Waals surface area contributed by atoms with Gasteiger partial charge in [-0.05, 0) is 38.5 Å². The number of thiophene rings is 1. The van der Waals surface area contributed by atoms with E-state index in [1.165, 1.54) is 11.3 Å². The normalized spacial score (nSPS) is 10.6. The molecule has 0 atom stereocenters. The van der Waals surface area contributed by atoms with Crippen molar-refractivity contribution in [3.8, 4) is 11.1 Å². The Morgan fingerprint density at radius 2 is 1.74 bits per heavy atom. The van der Waals surface area contributed by atoms with Crippen molar-refractivity contribution in [2.75, 3.05) is 18.5 Å². The Kier molecular flexibility index (Phi) is 6.91. The molecule has 0 saturated heterocycles. The fourth-order valence-electron chi connectivity index (χ4n) is 3.14. The topological polar surface area (TPSA) is 86.6 Å². The van der Waals surface area contributed by atoms with E-state index in [1.54, 1.807) is 36.9 Å². The molecule has 162 valence electrons. The Labute approximate surface area is 184 Å². The van der Waals surface area contributed by atoms with Gasteiger partial charge in [0.25, 0.3) is 5.91 Å². The summed E-state index contributed by atoms with van der Waals surface area (Å²) in [5.74, 6) is -1.65. The highest BCUT2D eigenvalue weighted by atomic mass is 32.1. The maximum atomic E-state index is 12.7. The van der Waals surface area contributed by atoms with Crippen molar-refractivity contribution in [1.29, 1.82) is 0 Å². The number of carbonyl (C=O) groups is 3. The first kappa shape index (κ1) is 22.3. The molecule has 1 aromatic carbocycles. The first-order valence-corrected chi connectivity index (χ1v) is 10.6. The van der Waals surface area contributed by atoms with Crippen LogP contribution in [0.15, 0.2) is 42.6 Å². The second kappa shape index (κ2) is 9.61. The number of aryl methyl sites for hydroxylation is 3. The van der Waals surface area contributed by atoms with Crippen LogP contribution in [-0.2, 0) is 21.3 Å². The molecule has 1 N–H and O–H groups in total. The first-order chi connectivity index (χ1) is 14.8. The van der Waals surface area contributed by atoms with Gasteiger partial charge in [0.15, 0.2) is 6.61 Å². The van der Waals surface area contributed by atoms with Crippen LogP contribution in [0.25, 0.3) is 11.1 Å². The highest BCUT2D eigenvalue weighted by Gasteiger charge is 2.26. The molecule has 0 fully saturated rings. The number of anilines is 1. The number of ether oxygens (including phenoxy) is 2. The molecule has 0 aliphatic heterocycles. The maximum Gasteiger partial charge on any atom is 0.355 e. The summed E-state index contributed by atoms with van der Waals surface area (Å²) in [6, 6.07) is 11.1. The van der Waals surface area contributed by atoms with Crippen molar-refractivity contribution in [1.82, 2.24) is 4.57 Å². The summed E-state index contributed by atoms with van der Waals surface area (Å²) in [4.78, 5) is 38.2. The van der Waals surface area contributed by atoms with Gasteiger partial charge in [0.2, 0.25) is 0 Å². The fourth-order valence-corrected chi connectivity index (χ4v) is 4.22. The van der Waals surface area contributed by atoms with Gasteiger partial charge < -0.3 is 19.4 Å². The summed E-state index contributed by atoms with van der Waals surface area (Å²) in [6.07, 6.45) is 1.71. The van der Waals surface area contributed by atoms with Gasteiger partial charge in [-0.2, -0.15) is 0 Å². The fraction of sp³-hybridized carbons (Fsp3) is 0.261. The van der Waals surface area contributed by atoms with Crippen LogP contribution in [-0.4, -0.2) is 35.6 Å². The van der Waals surface area contributed by atoms with Gasteiger partial charge in [-0.1, -0.05) is 29.8 Å². The Morgan fingerprint density at radius 3 is 2.35 bits per heavy atom. The maximum absolute atomic E-state index is 12.7. The largest absolute Gasteiger partial charge is 0.462 e. The van der Waals surface area contributed by atoms with Crippen molar-refractivity contribution in [2.45, 2.75) is 20.8 Å². The summed E-state index contributed by atoms with van der Waals surface area (Å²) >= 11 is 1.28. The SMILES string of the molecule is CCOC(=O)c1c(NC(=O)COC(=O)c2cccn2C)sc(C)c1-c1ccc(C)cc1. The molecular formula is C23H24N2O5S. The van der Waals surface area contributed by atoms with Crippen LogP contribution < -0.4 is 5.32 Å². The van der Waals surface area contributed by atoms with Gasteiger partial charge in [-0.15, -0.1) is 11.3 Å². The van der Waals surface area contributed by atoms with Gasteiger partial charge >= 0.3 is 11.9 Å². The third-order valence-electron chi connectivity index (χ3n) is 4.64. The second-order valence-corrected chi connectivity index (χ2v) is 8.18. The number of carbonyl (C=O) groups excluding carboxylic acids is 3. The van der Waals surface area contributed by atoms with Crippen LogP contribution in [0.5, 0.6) is 0 Å². The van der Waals surface area contributed by atoms with Crippen molar-refractivity contribution in [2.24, 2.45) is 7.05 Å². The molecule has 0 unspecified atom stereocenters. The summed E-state index contributed by atoms with van der Waals surface area (Å²) in [5, 5.41) is 3.07. The van der Waals surface area contributed by atoms with Gasteiger partial charge in [0.05, 0.1) is 6.61 Å². The molecule has 7 nitrogen and oxygen atoms in total. The van der Waals surface area contributed by atoms with Gasteiger partial charge in [-0.25, -0.2) is 9.59 Å². The highest BCUT2D eigenvalue weighted by molar-refractivity contribution is 7.17. The number of rotatable bonds is 7. The molecule has 0 radical (unpaired) electrons. The standard InChI is InChI=1S/C23H24N2O5S/c1-5-29-23(28)20-19(16-10-8-14(2)9-11-16)15(3)31-21(20)24-18(26)13-30-22(27)17-7-6-12-25(17)4/h6-12H,5,13H2,1-4H3,(H,24,26). The van der Waals surface area contributed by atoms with Crippen molar-refractivity contribution < 1.29 is 23.9 Å². The summed E-state index contributed by atoms with van der Waals surface area (Å²) in [5.41, 5.74) is 3.32. The lowest BCUT2D eigenvalue weighted by molar-refractivity contribution is -0.119. The van der Waals surface area contributed by atoms with E-state index in [0.29, 0.717) is 16.3 Å². The number of esters is 2. The van der Waals surface area contributed by atoms with Crippen molar-refractivity contribution >= 4 is 34.2 Å². The molecule has 0 spiro atoms. The molecule has 0 bridgehead atoms. The van der Waals surface area contributed by atoms with Crippen molar-refractivity contribution in [3.05, 3.63) is 64.3 Å². The zero-order valence-electron chi connectivity index (χ0n) is 17.9. The summed E-state index contributed by atoms with van der Waals surface area (Å²) < 4.78 is 11.9. The predicted octanol–water partition coefficient (Wildman–Crippen LogP) is 4.34. The zero-order chi connectivity index (χ0) is 22.5. The molecule has 0 saturated carbocycles. The summed E-state index contributed by atoms with van der Waals surface area (Å²) in [7, 11) is 1.71. The lowest BCUT2D eigenvalue weighted by atomic mass is 10.0. The molecule has 3 rings (SSSR count). The molecule has 8 heteroatoms. The number of aromatic nitrogens is 1. The molecule has 2 heterocycles. The molecule has 3 aromatic rings. The quantitative estimate of drug-likeness (QED) is 0.552. The Hall–Kier alpha value is -3.39. The van der Waals surface area contributed by atoms with Crippen molar-refractivity contribution in [3.63, 3.8) is 0 Å². The van der Waals surface area contributed by atoms with Gasteiger partial charge in [0.1, 0.15) is 16.3 Å². The predicted molar refractivity (Wildman–Crippen MR) is 120 cm³/mol. The monoisotopic (exact) mass is 440 g/mol. The molecule has 31 heavy (non-hydrogen) atoms. The van der Waals surface area contributed by atoms with E-state index < -0.39 is 24.5 Å². The van der Waals surface area contributed by atoms with Crippen LogP contribution >= 0.6 is 11.3 Å². The number of benzene rings is 1. The number of amides is 1. The number of hydrogen-bond donors (Lipinski definition) is 1. The zero-order valence-corrected chi connectivity index (χ0v) is 18.7. The van der Waals surface area contributed by atoms with Crippen LogP contribution in [0.3, 0.4) is 0 Å². The minimum absolute atomic E-state index is 0.211. The minimum atomic E-state index is -0.601. The lowest BCUT2D eigenvalue weighted by Crippen LogP contribution is -2.22. The van der Waals surface area contributed by atoms with Gasteiger partial charge in [-0.3, -0.25) is 4.79 Å². The lowest BCUT2D eigenvalue weighted by Gasteiger charge is -2.10. The minimum Gasteiger partial charge on any atom is -0.462 e. The Morgan fingerprint density at radius 1 is 1.03 bits per heavy atom.